The lowest BCUT2D eigenvalue weighted by molar-refractivity contribution is -0.297. The monoisotopic (exact) mass is 1150 g/mol. The number of benzene rings is 5. The van der Waals surface area contributed by atoms with Crippen molar-refractivity contribution in [3.8, 4) is 0 Å². The largest absolute Gasteiger partial charge is 0.871 e. The maximum Gasteiger partial charge on any atom is 0.227 e. The summed E-state index contributed by atoms with van der Waals surface area (Å²) in [4.78, 5) is 46.9. The number of hydrogen-bond acceptors (Lipinski definition) is 5. The van der Waals surface area contributed by atoms with E-state index in [0.717, 1.165) is 72.7 Å². The molecular weight excluding hydrogens is 1060 g/mol. The number of Topliss-reactive ketones (excluding diaryl/α,β-unsaturated/α-hetero) is 1. The number of carbonyl (C=O) groups is 3. The zero-order valence-electron chi connectivity index (χ0n) is 55.7. The van der Waals surface area contributed by atoms with Crippen LogP contribution in [0.3, 0.4) is 0 Å². The zero-order valence-corrected chi connectivity index (χ0v) is 55.7. The molecule has 2 N–H and O–H groups in total. The van der Waals surface area contributed by atoms with Crippen LogP contribution in [0.5, 0.6) is 0 Å². The Bertz CT molecular complexity index is 3570. The molecule has 2 amide bonds. The molecule has 0 aromatic heterocycles. The second-order valence-electron chi connectivity index (χ2n) is 30.2. The highest BCUT2D eigenvalue weighted by molar-refractivity contribution is 6.40. The summed E-state index contributed by atoms with van der Waals surface area (Å²) in [5, 5.41) is 22.0. The quantitative estimate of drug-likeness (QED) is 0.0851. The summed E-state index contributed by atoms with van der Waals surface area (Å²) < 4.78 is 2.28. The van der Waals surface area contributed by atoms with Gasteiger partial charge in [-0.05, 0) is 123 Å². The van der Waals surface area contributed by atoms with E-state index in [0.29, 0.717) is 35.4 Å². The Hall–Kier alpha value is -7.06. The van der Waals surface area contributed by atoms with Crippen molar-refractivity contribution >= 4 is 63.0 Å². The number of unbranched alkanes of at least 4 members (excludes halogenated alkanes) is 2. The van der Waals surface area contributed by atoms with Crippen LogP contribution in [-0.4, -0.2) is 23.3 Å². The van der Waals surface area contributed by atoms with Gasteiger partial charge < -0.3 is 20.6 Å². The Morgan fingerprint density at radius 1 is 0.547 bits per heavy atom. The molecule has 0 saturated heterocycles. The number of anilines is 4. The first-order chi connectivity index (χ1) is 40.2. The molecule has 8 nitrogen and oxygen atoms in total. The minimum absolute atomic E-state index is 0.00910. The molecule has 2 aliphatic heterocycles. The Morgan fingerprint density at radius 2 is 0.977 bits per heavy atom. The van der Waals surface area contributed by atoms with Gasteiger partial charge in [0.1, 0.15) is 0 Å². The molecule has 5 aromatic rings. The van der Waals surface area contributed by atoms with Crippen molar-refractivity contribution in [1.29, 1.82) is 0 Å². The van der Waals surface area contributed by atoms with E-state index >= 15 is 9.90 Å². The lowest BCUT2D eigenvalue weighted by Crippen LogP contribution is -2.36. The average Bonchev–Trinajstić information content (AvgIpc) is 0.817. The van der Waals surface area contributed by atoms with Crippen LogP contribution in [0.15, 0.2) is 132 Å². The van der Waals surface area contributed by atoms with Gasteiger partial charge >= 0.3 is 0 Å². The molecule has 2 atom stereocenters. The van der Waals surface area contributed by atoms with Gasteiger partial charge in [-0.2, -0.15) is 4.58 Å². The van der Waals surface area contributed by atoms with Gasteiger partial charge in [-0.25, -0.2) is 0 Å². The number of nitrogens with zero attached hydrogens (tertiary/aromatic N) is 2. The van der Waals surface area contributed by atoms with E-state index in [1.54, 1.807) is 0 Å². The fourth-order valence-corrected chi connectivity index (χ4v) is 13.2. The highest BCUT2D eigenvalue weighted by atomic mass is 16.3. The normalized spacial score (nSPS) is 17.9. The second kappa shape index (κ2) is 23.2. The smallest absolute Gasteiger partial charge is 0.227 e. The third kappa shape index (κ3) is 11.7. The minimum atomic E-state index is -0.433. The van der Waals surface area contributed by atoms with Gasteiger partial charge in [-0.1, -0.05) is 212 Å². The lowest BCUT2D eigenvalue weighted by Gasteiger charge is -2.43. The molecule has 86 heavy (non-hydrogen) atoms. The van der Waals surface area contributed by atoms with E-state index in [2.05, 4.69) is 218 Å². The van der Waals surface area contributed by atoms with Gasteiger partial charge in [-0.3, -0.25) is 14.4 Å². The van der Waals surface area contributed by atoms with Crippen molar-refractivity contribution in [3.05, 3.63) is 182 Å². The van der Waals surface area contributed by atoms with Gasteiger partial charge in [-0.15, -0.1) is 0 Å². The van der Waals surface area contributed by atoms with Crippen LogP contribution in [-0.2, 0) is 46.9 Å². The molecule has 0 radical (unpaired) electrons. The molecule has 2 heterocycles. The van der Waals surface area contributed by atoms with E-state index in [1.807, 2.05) is 50.3 Å². The van der Waals surface area contributed by atoms with E-state index in [4.69, 9.17) is 0 Å². The van der Waals surface area contributed by atoms with Crippen LogP contribution in [0.25, 0.3) is 5.57 Å². The van der Waals surface area contributed by atoms with Crippen molar-refractivity contribution in [3.63, 3.8) is 0 Å². The number of rotatable bonds is 14. The fourth-order valence-electron chi connectivity index (χ4n) is 13.2. The first-order valence-corrected chi connectivity index (χ1v) is 32.1. The summed E-state index contributed by atoms with van der Waals surface area (Å²) >= 11 is 0. The predicted octanol–water partition coefficient (Wildman–Crippen LogP) is 18.5. The van der Waals surface area contributed by atoms with Gasteiger partial charge in [0, 0.05) is 86.0 Å². The van der Waals surface area contributed by atoms with Gasteiger partial charge in [0.2, 0.25) is 28.9 Å². The van der Waals surface area contributed by atoms with Crippen molar-refractivity contribution < 1.29 is 19.5 Å². The maximum absolute atomic E-state index is 15.4. The van der Waals surface area contributed by atoms with Gasteiger partial charge in [0.05, 0.1) is 22.8 Å². The molecular formula is C78H98N4O4. The fraction of sp³-hybridized carbons (Fsp3) is 0.462. The molecule has 0 spiro atoms. The molecule has 8 heteroatoms. The number of fused-ring (bicyclic) bond motifs is 4. The molecule has 9 rings (SSSR count). The van der Waals surface area contributed by atoms with Crippen molar-refractivity contribution in [1.82, 2.24) is 9.89 Å². The predicted molar refractivity (Wildman–Crippen MR) is 359 cm³/mol. The van der Waals surface area contributed by atoms with E-state index in [-0.39, 0.29) is 67.3 Å². The van der Waals surface area contributed by atoms with E-state index in [1.165, 1.54) is 44.5 Å². The number of nitrogens with one attached hydrogen (secondary N) is 2. The average molecular weight is 1160 g/mol. The van der Waals surface area contributed by atoms with Crippen LogP contribution < -0.4 is 25.2 Å². The molecule has 2 aliphatic carbocycles. The summed E-state index contributed by atoms with van der Waals surface area (Å²) in [6, 6.07) is 33.0. The molecule has 0 saturated carbocycles. The van der Waals surface area contributed by atoms with Crippen molar-refractivity contribution in [2.75, 3.05) is 10.2 Å². The highest BCUT2D eigenvalue weighted by Gasteiger charge is 2.45. The lowest BCUT2D eigenvalue weighted by atomic mass is 9.70. The molecule has 0 bridgehead atoms. The topological polar surface area (TPSA) is 105 Å². The van der Waals surface area contributed by atoms with Crippen LogP contribution in [0.4, 0.5) is 34.1 Å². The van der Waals surface area contributed by atoms with Crippen LogP contribution in [0.2, 0.25) is 0 Å². The Morgan fingerprint density at radius 3 is 1.41 bits per heavy atom. The third-order valence-corrected chi connectivity index (χ3v) is 19.1. The van der Waals surface area contributed by atoms with E-state index < -0.39 is 11.5 Å². The Labute approximate surface area is 516 Å². The summed E-state index contributed by atoms with van der Waals surface area (Å²) in [6.45, 7) is 44.5. The standard InChI is InChI=1S/C78H98N4O4/c1-21-25-27-47(23-3)71(85)79-61-45-53(81-63-37-29-49(73(5,6)7)41-57(63)77(17,18)58-42-50(74(8,9)10)30-38-64(58)81)33-35-55(61)67-69(83)68(70(67)84)56-36-34-54(46-62(56)80-72(86)48(24-4)28-26-22-2)82-65-39-31-51(75(11,12)13)43-59(65)78(19,20)60-44-52(76(14,15)16)32-40-66(60)82/h29-48H,21-28H2,1-20H3,(H2,79,80,83,84,85,86). The molecule has 2 unspecified atom stereocenters. The summed E-state index contributed by atoms with van der Waals surface area (Å²) in [5.74, 6) is -1.69. The first kappa shape index (κ1) is 63.4. The highest BCUT2D eigenvalue weighted by Crippen LogP contribution is 2.55. The van der Waals surface area contributed by atoms with Crippen molar-refractivity contribution in [2.45, 2.75) is 222 Å². The van der Waals surface area contributed by atoms with Crippen molar-refractivity contribution in [2.24, 2.45) is 11.8 Å². The summed E-state index contributed by atoms with van der Waals surface area (Å²) in [5.41, 5.74) is 15.9. The Kier molecular flexibility index (Phi) is 17.1. The second-order valence-corrected chi connectivity index (χ2v) is 30.2. The molecule has 4 aliphatic rings. The van der Waals surface area contributed by atoms with Crippen LogP contribution in [0.1, 0.15) is 240 Å². The minimum Gasteiger partial charge on any atom is -0.871 e. The molecule has 5 aromatic carbocycles. The Balaban J connectivity index is 1.25. The number of ketones is 1. The zero-order chi connectivity index (χ0) is 63.0. The first-order valence-electron chi connectivity index (χ1n) is 32.1. The summed E-state index contributed by atoms with van der Waals surface area (Å²) in [6.07, 6.45) is 12.2. The van der Waals surface area contributed by atoms with E-state index in [9.17, 15) is 9.59 Å². The van der Waals surface area contributed by atoms with Crippen LogP contribution in [0, 0.1) is 11.8 Å². The number of hydrogen-bond donors (Lipinski definition) is 2. The number of amides is 2. The third-order valence-electron chi connectivity index (χ3n) is 19.1. The number of carbonyl (C=O) groups excluding carboxylic acids is 3. The molecule has 0 fully saturated rings. The molecule has 454 valence electrons. The van der Waals surface area contributed by atoms with Gasteiger partial charge in [0.15, 0.2) is 5.78 Å². The van der Waals surface area contributed by atoms with Crippen LogP contribution >= 0.6 is 0 Å². The maximum atomic E-state index is 15.4. The summed E-state index contributed by atoms with van der Waals surface area (Å²) in [7, 11) is 0. The SMILES string of the molecule is CCCCC(CC)C(=O)NC1=CC(=[N+]2c3ccc(C(C)(C)C)cc3C(C)(C)c3cc(C(C)(C)C)ccc32)C=C/C1=C1\C(=O)C(c2ccc(N3c4ccc(C(C)(C)C)cc4C(C)(C)c4cc(C(C)(C)C)ccc43)cc2NC(=O)C(CC)CCCC)=C1[O-]. The van der Waals surface area contributed by atoms with Gasteiger partial charge in [0.25, 0.3) is 0 Å². The number of allylic oxidation sites excluding steroid dienone is 5.